The second kappa shape index (κ2) is 9.42. The Balaban J connectivity index is 1.52. The van der Waals surface area contributed by atoms with Crippen molar-refractivity contribution in [1.82, 2.24) is 10.6 Å². The summed E-state index contributed by atoms with van der Waals surface area (Å²) < 4.78 is 37.4. The molecule has 2 heterocycles. The SMILES string of the molecule is CC(C)C[C@H](NC(=O)CNC(=O)[C@@H]1CCN1c1ccc(F)cc1F)B1OCC(=O)O1. The monoisotopic (exact) mass is 423 g/mol. The molecule has 2 amide bonds. The van der Waals surface area contributed by atoms with Crippen molar-refractivity contribution in [2.75, 3.05) is 24.6 Å². The molecule has 162 valence electrons. The third-order valence-electron chi connectivity index (χ3n) is 4.98. The van der Waals surface area contributed by atoms with Gasteiger partial charge in [-0.15, -0.1) is 0 Å². The lowest BCUT2D eigenvalue weighted by molar-refractivity contribution is -0.132. The van der Waals surface area contributed by atoms with E-state index in [0.29, 0.717) is 19.4 Å². The molecule has 2 aliphatic rings. The number of nitrogens with one attached hydrogen (secondary N) is 2. The summed E-state index contributed by atoms with van der Waals surface area (Å²) in [7, 11) is -0.858. The summed E-state index contributed by atoms with van der Waals surface area (Å²) in [4.78, 5) is 37.5. The number of carbonyl (C=O) groups is 3. The van der Waals surface area contributed by atoms with Crippen LogP contribution in [0.15, 0.2) is 18.2 Å². The van der Waals surface area contributed by atoms with Gasteiger partial charge in [-0.25, -0.2) is 8.78 Å². The zero-order chi connectivity index (χ0) is 21.8. The van der Waals surface area contributed by atoms with Gasteiger partial charge in [0.2, 0.25) is 11.8 Å². The molecule has 0 aromatic heterocycles. The maximum absolute atomic E-state index is 14.0. The molecule has 2 saturated heterocycles. The fraction of sp³-hybridized carbons (Fsp3) is 0.526. The topological polar surface area (TPSA) is 97.0 Å². The molecule has 2 fully saturated rings. The molecule has 2 atom stereocenters. The van der Waals surface area contributed by atoms with Crippen LogP contribution in [0.4, 0.5) is 14.5 Å². The number of anilines is 1. The number of hydrogen-bond acceptors (Lipinski definition) is 6. The van der Waals surface area contributed by atoms with E-state index in [1.165, 1.54) is 11.0 Å². The second-order valence-corrected chi connectivity index (χ2v) is 7.78. The molecule has 3 rings (SSSR count). The molecule has 0 spiro atoms. The molecular formula is C19H24BF2N3O5. The van der Waals surface area contributed by atoms with Crippen LogP contribution >= 0.6 is 0 Å². The molecule has 0 unspecified atom stereocenters. The highest BCUT2D eigenvalue weighted by Gasteiger charge is 2.41. The maximum atomic E-state index is 14.0. The average molecular weight is 423 g/mol. The zero-order valence-electron chi connectivity index (χ0n) is 16.8. The minimum atomic E-state index is -0.858. The molecule has 2 aliphatic heterocycles. The Labute approximate surface area is 173 Å². The standard InChI is InChI=1S/C19H24BF2N3O5/c1-11(2)7-16(20-29-10-18(27)30-20)24-17(26)9-23-19(28)15-5-6-25(15)14-4-3-12(21)8-13(14)22/h3-4,8,11,15-16H,5-7,9-10H2,1-2H3,(H,23,28)(H,24,26)/t15-,16-/m0/s1. The molecule has 8 nitrogen and oxygen atoms in total. The van der Waals surface area contributed by atoms with Crippen LogP contribution in [-0.2, 0) is 23.7 Å². The summed E-state index contributed by atoms with van der Waals surface area (Å²) in [5.41, 5.74) is 0.143. The summed E-state index contributed by atoms with van der Waals surface area (Å²) in [6, 6.07) is 2.55. The Bertz CT molecular complexity index is 825. The zero-order valence-corrected chi connectivity index (χ0v) is 16.8. The lowest BCUT2D eigenvalue weighted by Crippen LogP contribution is -2.58. The van der Waals surface area contributed by atoms with Crippen LogP contribution in [0.25, 0.3) is 0 Å². The van der Waals surface area contributed by atoms with Crippen LogP contribution in [0.2, 0.25) is 0 Å². The molecule has 11 heteroatoms. The second-order valence-electron chi connectivity index (χ2n) is 7.78. The molecule has 0 aliphatic carbocycles. The molecule has 1 aromatic carbocycles. The van der Waals surface area contributed by atoms with Crippen LogP contribution in [0.3, 0.4) is 0 Å². The van der Waals surface area contributed by atoms with Crippen LogP contribution in [0.1, 0.15) is 26.7 Å². The highest BCUT2D eigenvalue weighted by atomic mass is 19.1. The molecule has 30 heavy (non-hydrogen) atoms. The Kier molecular flexibility index (Phi) is 6.91. The van der Waals surface area contributed by atoms with E-state index < -0.39 is 48.5 Å². The van der Waals surface area contributed by atoms with E-state index in [1.54, 1.807) is 0 Å². The first-order valence-corrected chi connectivity index (χ1v) is 9.84. The normalized spacial score (nSPS) is 19.4. The number of benzene rings is 1. The summed E-state index contributed by atoms with van der Waals surface area (Å²) in [5, 5.41) is 5.26. The fourth-order valence-electron chi connectivity index (χ4n) is 3.50. The number of hydrogen-bond donors (Lipinski definition) is 2. The Hall–Kier alpha value is -2.69. The number of rotatable bonds is 8. The van der Waals surface area contributed by atoms with Crippen LogP contribution < -0.4 is 15.5 Å². The summed E-state index contributed by atoms with van der Waals surface area (Å²) in [5.74, 6) is -3.13. The highest BCUT2D eigenvalue weighted by Crippen LogP contribution is 2.29. The third kappa shape index (κ3) is 5.27. The van der Waals surface area contributed by atoms with Gasteiger partial charge in [0.25, 0.3) is 0 Å². The predicted octanol–water partition coefficient (Wildman–Crippen LogP) is 0.791. The third-order valence-corrected chi connectivity index (χ3v) is 4.98. The van der Waals surface area contributed by atoms with Gasteiger partial charge < -0.3 is 24.8 Å². The number of amides is 2. The van der Waals surface area contributed by atoms with Crippen LogP contribution in [0.5, 0.6) is 0 Å². The fourth-order valence-corrected chi connectivity index (χ4v) is 3.50. The van der Waals surface area contributed by atoms with E-state index in [1.807, 2.05) is 13.8 Å². The number of carbonyl (C=O) groups excluding carboxylic acids is 3. The van der Waals surface area contributed by atoms with Gasteiger partial charge in [-0.05, 0) is 30.9 Å². The van der Waals surface area contributed by atoms with Gasteiger partial charge in [0, 0.05) is 12.6 Å². The molecule has 0 radical (unpaired) electrons. The van der Waals surface area contributed by atoms with E-state index in [9.17, 15) is 23.2 Å². The van der Waals surface area contributed by atoms with Crippen molar-refractivity contribution < 1.29 is 32.5 Å². The van der Waals surface area contributed by atoms with Crippen molar-refractivity contribution in [2.24, 2.45) is 5.92 Å². The number of nitrogens with zero attached hydrogens (tertiary/aromatic N) is 1. The van der Waals surface area contributed by atoms with Crippen molar-refractivity contribution in [3.63, 3.8) is 0 Å². The molecule has 1 aromatic rings. The minimum absolute atomic E-state index is 0.143. The van der Waals surface area contributed by atoms with Crippen LogP contribution in [-0.4, -0.2) is 56.6 Å². The first kappa shape index (κ1) is 22.0. The predicted molar refractivity (Wildman–Crippen MR) is 104 cm³/mol. The minimum Gasteiger partial charge on any atom is -0.507 e. The summed E-state index contributed by atoms with van der Waals surface area (Å²) in [6.07, 6.45) is 1.02. The Morgan fingerprint density at radius 1 is 1.33 bits per heavy atom. The van der Waals surface area contributed by atoms with E-state index in [-0.39, 0.29) is 24.8 Å². The Morgan fingerprint density at radius 2 is 2.10 bits per heavy atom. The lowest BCUT2D eigenvalue weighted by atomic mass is 9.74. The summed E-state index contributed by atoms with van der Waals surface area (Å²) in [6.45, 7) is 3.91. The van der Waals surface area contributed by atoms with Gasteiger partial charge in [0.1, 0.15) is 24.3 Å². The van der Waals surface area contributed by atoms with Gasteiger partial charge in [-0.1, -0.05) is 13.8 Å². The van der Waals surface area contributed by atoms with Crippen molar-refractivity contribution in [2.45, 2.75) is 38.7 Å². The number of halogens is 2. The first-order valence-electron chi connectivity index (χ1n) is 9.84. The van der Waals surface area contributed by atoms with Crippen molar-refractivity contribution in [1.29, 1.82) is 0 Å². The van der Waals surface area contributed by atoms with Crippen molar-refractivity contribution in [3.8, 4) is 0 Å². The van der Waals surface area contributed by atoms with Crippen LogP contribution in [0, 0.1) is 17.6 Å². The molecule has 2 N–H and O–H groups in total. The maximum Gasteiger partial charge on any atom is 0.551 e. The van der Waals surface area contributed by atoms with Gasteiger partial charge >= 0.3 is 13.1 Å². The van der Waals surface area contributed by atoms with Gasteiger partial charge in [-0.3, -0.25) is 14.4 Å². The molecule has 0 bridgehead atoms. The van der Waals surface area contributed by atoms with E-state index in [2.05, 4.69) is 10.6 Å². The van der Waals surface area contributed by atoms with Gasteiger partial charge in [0.15, 0.2) is 0 Å². The molecular weight excluding hydrogens is 399 g/mol. The van der Waals surface area contributed by atoms with Crippen molar-refractivity contribution in [3.05, 3.63) is 29.8 Å². The Morgan fingerprint density at radius 3 is 2.67 bits per heavy atom. The van der Waals surface area contributed by atoms with E-state index >= 15 is 0 Å². The highest BCUT2D eigenvalue weighted by molar-refractivity contribution is 6.51. The average Bonchev–Trinajstić information content (AvgIpc) is 3.07. The largest absolute Gasteiger partial charge is 0.551 e. The smallest absolute Gasteiger partial charge is 0.507 e. The first-order chi connectivity index (χ1) is 14.2. The van der Waals surface area contributed by atoms with Gasteiger partial charge in [0.05, 0.1) is 18.2 Å². The van der Waals surface area contributed by atoms with Crippen molar-refractivity contribution >= 4 is 30.6 Å². The molecule has 0 saturated carbocycles. The summed E-state index contributed by atoms with van der Waals surface area (Å²) >= 11 is 0. The van der Waals surface area contributed by atoms with E-state index in [4.69, 9.17) is 9.31 Å². The van der Waals surface area contributed by atoms with Gasteiger partial charge in [-0.2, -0.15) is 0 Å². The quantitative estimate of drug-likeness (QED) is 0.601. The lowest BCUT2D eigenvalue weighted by Gasteiger charge is -2.41. The van der Waals surface area contributed by atoms with E-state index in [0.717, 1.165) is 12.1 Å².